The molecule has 1 aliphatic rings. The van der Waals surface area contributed by atoms with Crippen LogP contribution in [0.1, 0.15) is 37.4 Å². The fraction of sp³-hybridized carbons (Fsp3) is 0.517. The van der Waals surface area contributed by atoms with Crippen molar-refractivity contribution in [1.29, 1.82) is 0 Å². The molecule has 4 rings (SSSR count). The highest BCUT2D eigenvalue weighted by atomic mass is 28.3. The van der Waals surface area contributed by atoms with Gasteiger partial charge in [-0.1, -0.05) is 32.1 Å². The molecule has 12 heteroatoms. The molecule has 0 bridgehead atoms. The van der Waals surface area contributed by atoms with Crippen molar-refractivity contribution in [1.82, 2.24) is 19.5 Å². The van der Waals surface area contributed by atoms with E-state index >= 15 is 0 Å². The van der Waals surface area contributed by atoms with Crippen molar-refractivity contribution < 1.29 is 32.2 Å². The Balaban J connectivity index is 1.48. The van der Waals surface area contributed by atoms with Crippen LogP contribution >= 0.6 is 0 Å². The van der Waals surface area contributed by atoms with Gasteiger partial charge in [-0.25, -0.2) is 9.97 Å². The molecule has 1 fully saturated rings. The molecule has 1 aliphatic carbocycles. The van der Waals surface area contributed by atoms with Crippen LogP contribution in [0.15, 0.2) is 36.8 Å². The van der Waals surface area contributed by atoms with E-state index in [1.165, 1.54) is 4.57 Å². The molecule has 0 radical (unpaired) electrons. The summed E-state index contributed by atoms with van der Waals surface area (Å²) in [6.07, 6.45) is 2.04. The van der Waals surface area contributed by atoms with Gasteiger partial charge < -0.3 is 18.8 Å². The molecule has 0 amide bonds. The van der Waals surface area contributed by atoms with Crippen LogP contribution in [0.4, 0.5) is 13.2 Å². The molecular formula is C29H37F3N4O4Si. The Bertz CT molecular complexity index is 1350. The van der Waals surface area contributed by atoms with E-state index in [4.69, 9.17) is 14.2 Å². The number of esters is 1. The highest BCUT2D eigenvalue weighted by Gasteiger charge is 2.46. The van der Waals surface area contributed by atoms with Crippen LogP contribution < -0.4 is 4.74 Å². The third-order valence-corrected chi connectivity index (χ3v) is 8.90. The Kier molecular flexibility index (Phi) is 9.22. The van der Waals surface area contributed by atoms with Gasteiger partial charge in [0.05, 0.1) is 6.61 Å². The number of hydrogen-bond donors (Lipinski definition) is 0. The maximum absolute atomic E-state index is 13.5. The monoisotopic (exact) mass is 590 g/mol. The number of hydrogen-bond acceptors (Lipinski definition) is 7. The molecule has 222 valence electrons. The van der Waals surface area contributed by atoms with Crippen molar-refractivity contribution in [3.63, 3.8) is 0 Å². The van der Waals surface area contributed by atoms with Crippen molar-refractivity contribution in [2.24, 2.45) is 5.41 Å². The quantitative estimate of drug-likeness (QED) is 0.131. The van der Waals surface area contributed by atoms with Crippen LogP contribution in [0, 0.1) is 12.3 Å². The van der Waals surface area contributed by atoms with Gasteiger partial charge in [0, 0.05) is 50.5 Å². The zero-order valence-corrected chi connectivity index (χ0v) is 25.2. The summed E-state index contributed by atoms with van der Waals surface area (Å²) in [6.45, 7) is 11.3. The summed E-state index contributed by atoms with van der Waals surface area (Å²) in [6, 6.07) is 6.11. The van der Waals surface area contributed by atoms with Gasteiger partial charge in [0.15, 0.2) is 11.5 Å². The summed E-state index contributed by atoms with van der Waals surface area (Å²) in [4.78, 5) is 25.0. The minimum absolute atomic E-state index is 0.0474. The lowest BCUT2D eigenvalue weighted by atomic mass is 9.69. The summed E-state index contributed by atoms with van der Waals surface area (Å²) in [5.41, 5.74) is 1.12. The van der Waals surface area contributed by atoms with E-state index in [1.54, 1.807) is 37.5 Å². The molecule has 0 N–H and O–H groups in total. The Labute approximate surface area is 239 Å². The van der Waals surface area contributed by atoms with Gasteiger partial charge >= 0.3 is 12.1 Å². The average Bonchev–Trinajstić information content (AvgIpc) is 3.31. The van der Waals surface area contributed by atoms with Gasteiger partial charge in [0.25, 0.3) is 0 Å². The third kappa shape index (κ3) is 7.53. The maximum atomic E-state index is 13.5. The molecule has 0 atom stereocenters. The van der Waals surface area contributed by atoms with Gasteiger partial charge in [-0.2, -0.15) is 13.2 Å². The molecule has 0 aliphatic heterocycles. The second kappa shape index (κ2) is 12.3. The maximum Gasteiger partial charge on any atom is 0.434 e. The van der Waals surface area contributed by atoms with Crippen LogP contribution in [0.2, 0.25) is 25.7 Å². The smallest absolute Gasteiger partial charge is 0.434 e. The summed E-state index contributed by atoms with van der Waals surface area (Å²) in [5.74, 6) is 0.260. The van der Waals surface area contributed by atoms with E-state index in [0.717, 1.165) is 48.2 Å². The zero-order valence-electron chi connectivity index (χ0n) is 24.2. The van der Waals surface area contributed by atoms with Crippen LogP contribution in [-0.4, -0.2) is 53.4 Å². The molecule has 0 unspecified atom stereocenters. The molecule has 3 aromatic rings. The van der Waals surface area contributed by atoms with E-state index < -0.39 is 25.4 Å². The van der Waals surface area contributed by atoms with Crippen molar-refractivity contribution in [2.45, 2.75) is 71.7 Å². The number of ether oxygens (including phenoxy) is 3. The molecule has 0 saturated heterocycles. The Morgan fingerprint density at radius 2 is 1.90 bits per heavy atom. The third-order valence-electron chi connectivity index (χ3n) is 7.20. The predicted octanol–water partition coefficient (Wildman–Crippen LogP) is 6.76. The molecule has 8 nitrogen and oxygen atoms in total. The number of imidazole rings is 1. The average molecular weight is 591 g/mol. The van der Waals surface area contributed by atoms with Crippen LogP contribution in [0.3, 0.4) is 0 Å². The highest BCUT2D eigenvalue weighted by molar-refractivity contribution is 6.76. The van der Waals surface area contributed by atoms with Crippen molar-refractivity contribution in [3.05, 3.63) is 48.0 Å². The fourth-order valence-corrected chi connectivity index (χ4v) is 5.26. The van der Waals surface area contributed by atoms with Gasteiger partial charge in [0.1, 0.15) is 24.4 Å². The lowest BCUT2D eigenvalue weighted by Gasteiger charge is -2.38. The SMILES string of the molecule is CCOC(=O)C1(COc2cc(C)c(-c3ccc(-c4nc(C(F)(F)F)cn4COCC[Si](C)(C)C)nc3)cn2)CCC1. The van der Waals surface area contributed by atoms with Gasteiger partial charge in [-0.15, -0.1) is 0 Å². The molecular weight excluding hydrogens is 553 g/mol. The van der Waals surface area contributed by atoms with Gasteiger partial charge in [-0.3, -0.25) is 9.78 Å². The molecule has 41 heavy (non-hydrogen) atoms. The number of halogens is 3. The molecule has 3 heterocycles. The number of carbonyl (C=O) groups is 1. The van der Waals surface area contributed by atoms with Crippen molar-refractivity contribution >= 4 is 14.0 Å². The number of carbonyl (C=O) groups excluding carboxylic acids is 1. The summed E-state index contributed by atoms with van der Waals surface area (Å²) >= 11 is 0. The molecule has 0 aromatic carbocycles. The van der Waals surface area contributed by atoms with Crippen molar-refractivity contribution in [3.8, 4) is 28.5 Å². The number of nitrogens with zero attached hydrogens (tertiary/aromatic N) is 4. The normalized spacial score (nSPS) is 14.9. The van der Waals surface area contributed by atoms with Crippen LogP contribution in [-0.2, 0) is 27.2 Å². The van der Waals surface area contributed by atoms with Gasteiger partial charge in [0.2, 0.25) is 5.88 Å². The minimum Gasteiger partial charge on any atom is -0.476 e. The van der Waals surface area contributed by atoms with Gasteiger partial charge in [-0.05, 0) is 44.4 Å². The van der Waals surface area contributed by atoms with E-state index in [2.05, 4.69) is 34.6 Å². The molecule has 1 saturated carbocycles. The molecule has 3 aromatic heterocycles. The fourth-order valence-electron chi connectivity index (χ4n) is 4.50. The number of pyridine rings is 2. The first-order valence-electron chi connectivity index (χ1n) is 13.8. The second-order valence-electron chi connectivity index (χ2n) is 11.7. The minimum atomic E-state index is -4.58. The number of aryl methyl sites for hydroxylation is 1. The Morgan fingerprint density at radius 1 is 1.15 bits per heavy atom. The summed E-state index contributed by atoms with van der Waals surface area (Å²) in [7, 11) is -1.34. The first kappa shape index (κ1) is 30.7. The predicted molar refractivity (Wildman–Crippen MR) is 151 cm³/mol. The standard InChI is InChI=1S/C29H37F3N4O4Si/c1-6-39-27(37)28(10-7-11-28)18-40-25-14-20(2)22(16-34-25)21-8-9-23(33-15-21)26-35-24(29(30,31)32)17-36(26)19-38-12-13-41(3,4)5/h8-9,14-17H,6-7,10-13,18-19H2,1-5H3. The first-order chi connectivity index (χ1) is 19.3. The summed E-state index contributed by atoms with van der Waals surface area (Å²) < 4.78 is 58.5. The first-order valence-corrected chi connectivity index (χ1v) is 17.5. The summed E-state index contributed by atoms with van der Waals surface area (Å²) in [5, 5.41) is 0. The number of rotatable bonds is 12. The lowest BCUT2D eigenvalue weighted by molar-refractivity contribution is -0.163. The molecule has 0 spiro atoms. The zero-order chi connectivity index (χ0) is 29.8. The van der Waals surface area contributed by atoms with Crippen molar-refractivity contribution in [2.75, 3.05) is 19.8 Å². The van der Waals surface area contributed by atoms with Crippen LogP contribution in [0.25, 0.3) is 22.6 Å². The Hall–Kier alpha value is -3.25. The van der Waals surface area contributed by atoms with E-state index in [1.807, 2.05) is 6.92 Å². The Morgan fingerprint density at radius 3 is 2.46 bits per heavy atom. The number of alkyl halides is 3. The van der Waals surface area contributed by atoms with Crippen LogP contribution in [0.5, 0.6) is 5.88 Å². The highest BCUT2D eigenvalue weighted by Crippen LogP contribution is 2.42. The topological polar surface area (TPSA) is 88.4 Å². The lowest BCUT2D eigenvalue weighted by Crippen LogP contribution is -2.44. The largest absolute Gasteiger partial charge is 0.476 e. The van der Waals surface area contributed by atoms with E-state index in [-0.39, 0.29) is 25.1 Å². The van der Waals surface area contributed by atoms with E-state index in [0.29, 0.717) is 24.8 Å². The second-order valence-corrected chi connectivity index (χ2v) is 17.3. The van der Waals surface area contributed by atoms with E-state index in [9.17, 15) is 18.0 Å². The number of aromatic nitrogens is 4.